The van der Waals surface area contributed by atoms with E-state index in [2.05, 4.69) is 44.2 Å². The van der Waals surface area contributed by atoms with Crippen LogP contribution < -0.4 is 14.8 Å². The normalized spacial score (nSPS) is 11.3. The molecule has 1 N–H and O–H groups in total. The first-order chi connectivity index (χ1) is 10.9. The van der Waals surface area contributed by atoms with Crippen molar-refractivity contribution in [1.29, 1.82) is 5.26 Å². The van der Waals surface area contributed by atoms with Crippen LogP contribution in [0.15, 0.2) is 18.2 Å². The third kappa shape index (κ3) is 6.47. The van der Waals surface area contributed by atoms with Gasteiger partial charge in [0.25, 0.3) is 0 Å². The van der Waals surface area contributed by atoms with E-state index >= 15 is 0 Å². The Balaban J connectivity index is 2.61. The first-order valence-electron chi connectivity index (χ1n) is 7.95. The summed E-state index contributed by atoms with van der Waals surface area (Å²) in [5.41, 5.74) is 1.25. The second-order valence-corrected chi connectivity index (χ2v) is 6.41. The van der Waals surface area contributed by atoms with E-state index in [4.69, 9.17) is 14.7 Å². The minimum absolute atomic E-state index is 0.100. The SMILES string of the molecule is COc1ccc(CNCC(C)(C)N(C)C)cc1OCCCC#N. The zero-order valence-corrected chi connectivity index (χ0v) is 15.0. The van der Waals surface area contributed by atoms with Crippen molar-refractivity contribution >= 4 is 0 Å². The van der Waals surface area contributed by atoms with Crippen molar-refractivity contribution in [3.05, 3.63) is 23.8 Å². The van der Waals surface area contributed by atoms with Crippen molar-refractivity contribution in [3.63, 3.8) is 0 Å². The maximum absolute atomic E-state index is 8.57. The maximum Gasteiger partial charge on any atom is 0.161 e. The Kier molecular flexibility index (Phi) is 7.87. The number of nitriles is 1. The fourth-order valence-electron chi connectivity index (χ4n) is 1.95. The molecular formula is C18H29N3O2. The Morgan fingerprint density at radius 3 is 2.61 bits per heavy atom. The molecule has 0 bridgehead atoms. The Morgan fingerprint density at radius 1 is 1.26 bits per heavy atom. The predicted molar refractivity (Wildman–Crippen MR) is 92.8 cm³/mol. The van der Waals surface area contributed by atoms with Crippen molar-refractivity contribution in [2.75, 3.05) is 34.4 Å². The molecule has 0 atom stereocenters. The summed E-state index contributed by atoms with van der Waals surface area (Å²) < 4.78 is 11.1. The smallest absolute Gasteiger partial charge is 0.161 e. The van der Waals surface area contributed by atoms with Gasteiger partial charge in [-0.1, -0.05) is 6.07 Å². The lowest BCUT2D eigenvalue weighted by Gasteiger charge is -2.32. The molecule has 1 rings (SSSR count). The van der Waals surface area contributed by atoms with E-state index < -0.39 is 0 Å². The van der Waals surface area contributed by atoms with Crippen LogP contribution in [0.3, 0.4) is 0 Å². The number of ether oxygens (including phenoxy) is 2. The molecule has 5 heteroatoms. The molecule has 0 aliphatic carbocycles. The van der Waals surface area contributed by atoms with Gasteiger partial charge in [0.1, 0.15) is 0 Å². The number of likely N-dealkylation sites (N-methyl/N-ethyl adjacent to an activating group) is 1. The van der Waals surface area contributed by atoms with Gasteiger partial charge < -0.3 is 19.7 Å². The average Bonchev–Trinajstić information content (AvgIpc) is 2.51. The largest absolute Gasteiger partial charge is 0.493 e. The second kappa shape index (κ2) is 9.39. The Labute approximate surface area is 140 Å². The van der Waals surface area contributed by atoms with Gasteiger partial charge in [-0.3, -0.25) is 0 Å². The quantitative estimate of drug-likeness (QED) is 0.672. The van der Waals surface area contributed by atoms with E-state index in [-0.39, 0.29) is 5.54 Å². The molecule has 0 spiro atoms. The molecule has 0 aromatic heterocycles. The first-order valence-corrected chi connectivity index (χ1v) is 7.95. The van der Waals surface area contributed by atoms with Crippen LogP contribution >= 0.6 is 0 Å². The molecule has 0 radical (unpaired) electrons. The van der Waals surface area contributed by atoms with Crippen LogP contribution in [0.5, 0.6) is 11.5 Å². The molecule has 23 heavy (non-hydrogen) atoms. The third-order valence-corrected chi connectivity index (χ3v) is 4.02. The van der Waals surface area contributed by atoms with Crippen LogP contribution in [-0.4, -0.2) is 44.8 Å². The summed E-state index contributed by atoms with van der Waals surface area (Å²) >= 11 is 0. The Bertz CT molecular complexity index is 521. The van der Waals surface area contributed by atoms with Gasteiger partial charge in [0, 0.05) is 25.0 Å². The highest BCUT2D eigenvalue weighted by Gasteiger charge is 2.19. The number of hydrogen-bond acceptors (Lipinski definition) is 5. The first kappa shape index (κ1) is 19.3. The predicted octanol–water partition coefficient (Wildman–Crippen LogP) is 2.81. The summed E-state index contributed by atoms with van der Waals surface area (Å²) in [6.07, 6.45) is 1.22. The van der Waals surface area contributed by atoms with Crippen molar-refractivity contribution in [2.24, 2.45) is 0 Å². The fraction of sp³-hybridized carbons (Fsp3) is 0.611. The molecule has 0 aliphatic rings. The number of methoxy groups -OCH3 is 1. The summed E-state index contributed by atoms with van der Waals surface area (Å²) in [7, 11) is 5.81. The van der Waals surface area contributed by atoms with Gasteiger partial charge in [-0.05, 0) is 52.1 Å². The third-order valence-electron chi connectivity index (χ3n) is 4.02. The standard InChI is InChI=1S/C18H29N3O2/c1-18(2,21(3)4)14-20-13-15-8-9-16(22-5)17(12-15)23-11-7-6-10-19/h8-9,12,20H,6-7,11,13-14H2,1-5H3. The minimum Gasteiger partial charge on any atom is -0.493 e. The number of nitrogens with one attached hydrogen (secondary N) is 1. The number of benzene rings is 1. The van der Waals surface area contributed by atoms with Crippen LogP contribution in [-0.2, 0) is 6.54 Å². The van der Waals surface area contributed by atoms with Gasteiger partial charge in [0.05, 0.1) is 19.8 Å². The molecule has 0 fully saturated rings. The summed E-state index contributed by atoms with van der Waals surface area (Å²) in [6, 6.07) is 8.08. The summed E-state index contributed by atoms with van der Waals surface area (Å²) in [4.78, 5) is 2.21. The van der Waals surface area contributed by atoms with E-state index in [1.807, 2.05) is 18.2 Å². The molecule has 1 aromatic carbocycles. The molecule has 1 aromatic rings. The highest BCUT2D eigenvalue weighted by molar-refractivity contribution is 5.42. The minimum atomic E-state index is 0.100. The highest BCUT2D eigenvalue weighted by atomic mass is 16.5. The van der Waals surface area contributed by atoms with Crippen LogP contribution in [0, 0.1) is 11.3 Å². The Hall–Kier alpha value is -1.77. The lowest BCUT2D eigenvalue weighted by Crippen LogP contribution is -2.46. The van der Waals surface area contributed by atoms with Crippen molar-refractivity contribution in [2.45, 2.75) is 38.8 Å². The van der Waals surface area contributed by atoms with Gasteiger partial charge in [0.15, 0.2) is 11.5 Å². The van der Waals surface area contributed by atoms with Crippen LogP contribution in [0.1, 0.15) is 32.3 Å². The lowest BCUT2D eigenvalue weighted by atomic mass is 10.0. The zero-order valence-electron chi connectivity index (χ0n) is 15.0. The number of unbranched alkanes of at least 4 members (excludes halogenated alkanes) is 1. The number of rotatable bonds is 10. The second-order valence-electron chi connectivity index (χ2n) is 6.41. The fourth-order valence-corrected chi connectivity index (χ4v) is 1.95. The monoisotopic (exact) mass is 319 g/mol. The summed E-state index contributed by atoms with van der Waals surface area (Å²) in [5, 5.41) is 12.1. The number of nitrogens with zero attached hydrogens (tertiary/aromatic N) is 2. The molecule has 5 nitrogen and oxygen atoms in total. The lowest BCUT2D eigenvalue weighted by molar-refractivity contribution is 0.189. The van der Waals surface area contributed by atoms with Gasteiger partial charge in [-0.15, -0.1) is 0 Å². The van der Waals surface area contributed by atoms with E-state index in [9.17, 15) is 0 Å². The van der Waals surface area contributed by atoms with Crippen LogP contribution in [0.2, 0.25) is 0 Å². The van der Waals surface area contributed by atoms with Gasteiger partial charge in [0.2, 0.25) is 0 Å². The topological polar surface area (TPSA) is 57.5 Å². The molecule has 0 heterocycles. The van der Waals surface area contributed by atoms with Gasteiger partial charge in [-0.25, -0.2) is 0 Å². The Morgan fingerprint density at radius 2 is 2.00 bits per heavy atom. The van der Waals surface area contributed by atoms with Crippen molar-refractivity contribution < 1.29 is 9.47 Å². The van der Waals surface area contributed by atoms with Crippen molar-refractivity contribution in [1.82, 2.24) is 10.2 Å². The molecular weight excluding hydrogens is 290 g/mol. The van der Waals surface area contributed by atoms with E-state index in [0.717, 1.165) is 36.6 Å². The van der Waals surface area contributed by atoms with Crippen LogP contribution in [0.25, 0.3) is 0 Å². The highest BCUT2D eigenvalue weighted by Crippen LogP contribution is 2.28. The number of hydrogen-bond donors (Lipinski definition) is 1. The van der Waals surface area contributed by atoms with E-state index in [1.54, 1.807) is 7.11 Å². The molecule has 0 saturated heterocycles. The van der Waals surface area contributed by atoms with Crippen LogP contribution in [0.4, 0.5) is 0 Å². The van der Waals surface area contributed by atoms with E-state index in [0.29, 0.717) is 13.0 Å². The maximum atomic E-state index is 8.57. The van der Waals surface area contributed by atoms with E-state index in [1.165, 1.54) is 0 Å². The zero-order chi connectivity index (χ0) is 17.3. The molecule has 0 aliphatic heterocycles. The summed E-state index contributed by atoms with van der Waals surface area (Å²) in [5.74, 6) is 1.45. The molecule has 0 saturated carbocycles. The van der Waals surface area contributed by atoms with Gasteiger partial charge >= 0.3 is 0 Å². The van der Waals surface area contributed by atoms with Crippen molar-refractivity contribution in [3.8, 4) is 17.6 Å². The molecule has 128 valence electrons. The van der Waals surface area contributed by atoms with Gasteiger partial charge in [-0.2, -0.15) is 5.26 Å². The summed E-state index contributed by atoms with van der Waals surface area (Å²) in [6.45, 7) is 6.60. The molecule has 0 amide bonds. The molecule has 0 unspecified atom stereocenters. The average molecular weight is 319 g/mol.